The van der Waals surface area contributed by atoms with Gasteiger partial charge in [-0.05, 0) is 81.1 Å². The second-order valence-corrected chi connectivity index (χ2v) is 9.93. The molecule has 6 nitrogen and oxygen atoms in total. The molecule has 1 saturated heterocycles. The third-order valence-corrected chi connectivity index (χ3v) is 7.68. The van der Waals surface area contributed by atoms with Crippen molar-refractivity contribution in [2.45, 2.75) is 51.0 Å². The van der Waals surface area contributed by atoms with Crippen LogP contribution in [0.3, 0.4) is 0 Å². The Labute approximate surface area is 183 Å². The van der Waals surface area contributed by atoms with Crippen LogP contribution >= 0.6 is 11.6 Å². The van der Waals surface area contributed by atoms with Gasteiger partial charge in [-0.3, -0.25) is 4.79 Å². The fraction of sp³-hybridized carbons (Fsp3) is 0.409. The van der Waals surface area contributed by atoms with E-state index in [0.29, 0.717) is 29.5 Å². The summed E-state index contributed by atoms with van der Waals surface area (Å²) in [5, 5.41) is 3.44. The maximum atomic E-state index is 12.7. The van der Waals surface area contributed by atoms with Crippen LogP contribution in [0.25, 0.3) is 0 Å². The van der Waals surface area contributed by atoms with E-state index in [2.05, 4.69) is 5.32 Å². The highest BCUT2D eigenvalue weighted by atomic mass is 35.5. The lowest BCUT2D eigenvalue weighted by Crippen LogP contribution is -2.35. The summed E-state index contributed by atoms with van der Waals surface area (Å²) in [6.07, 6.45) is 2.10. The Hall–Kier alpha value is -2.09. The molecule has 0 radical (unpaired) electrons. The number of carbonyl (C=O) groups is 1. The third-order valence-electron chi connectivity index (χ3n) is 5.17. The van der Waals surface area contributed by atoms with Gasteiger partial charge in [-0.25, -0.2) is 8.42 Å². The fourth-order valence-corrected chi connectivity index (χ4v) is 5.07. The van der Waals surface area contributed by atoms with Crippen LogP contribution in [0.1, 0.15) is 37.3 Å². The molecule has 1 heterocycles. The lowest BCUT2D eigenvalue weighted by atomic mass is 10.1. The second-order valence-electron chi connectivity index (χ2n) is 7.61. The summed E-state index contributed by atoms with van der Waals surface area (Å²) in [6.45, 7) is 6.53. The number of sulfonamides is 1. The second kappa shape index (κ2) is 9.37. The highest BCUT2D eigenvalue weighted by molar-refractivity contribution is 7.89. The van der Waals surface area contributed by atoms with Crippen molar-refractivity contribution >= 4 is 33.2 Å². The first-order chi connectivity index (χ1) is 14.2. The normalized spacial score (nSPS) is 16.1. The van der Waals surface area contributed by atoms with E-state index in [4.69, 9.17) is 16.3 Å². The minimum atomic E-state index is -3.49. The molecule has 0 aromatic heterocycles. The molecule has 0 aliphatic carbocycles. The molecule has 0 spiro atoms. The molecule has 1 amide bonds. The number of hydrogen-bond acceptors (Lipinski definition) is 4. The van der Waals surface area contributed by atoms with E-state index in [1.165, 1.54) is 16.4 Å². The first kappa shape index (κ1) is 22.6. The number of anilines is 1. The van der Waals surface area contributed by atoms with Crippen molar-refractivity contribution < 1.29 is 17.9 Å². The van der Waals surface area contributed by atoms with Gasteiger partial charge in [0.1, 0.15) is 5.75 Å². The average Bonchev–Trinajstić information content (AvgIpc) is 2.73. The average molecular weight is 451 g/mol. The van der Waals surface area contributed by atoms with Gasteiger partial charge in [0, 0.05) is 23.8 Å². The van der Waals surface area contributed by atoms with Gasteiger partial charge in [0.2, 0.25) is 10.0 Å². The lowest BCUT2D eigenvalue weighted by molar-refractivity contribution is -0.122. The summed E-state index contributed by atoms with van der Waals surface area (Å²) in [5.74, 6) is 0.243. The minimum absolute atomic E-state index is 0.235. The molecule has 1 N–H and O–H groups in total. The molecule has 0 bridgehead atoms. The number of benzene rings is 2. The van der Waals surface area contributed by atoms with Crippen LogP contribution < -0.4 is 10.1 Å². The molecule has 0 saturated carbocycles. The summed E-state index contributed by atoms with van der Waals surface area (Å²) in [4.78, 5) is 12.7. The van der Waals surface area contributed by atoms with Crippen LogP contribution in [0.4, 0.5) is 5.69 Å². The van der Waals surface area contributed by atoms with Gasteiger partial charge in [0.15, 0.2) is 6.10 Å². The van der Waals surface area contributed by atoms with Crippen LogP contribution in [0.2, 0.25) is 5.02 Å². The van der Waals surface area contributed by atoms with Crippen LogP contribution in [0, 0.1) is 13.8 Å². The van der Waals surface area contributed by atoms with E-state index >= 15 is 0 Å². The Morgan fingerprint density at radius 2 is 1.63 bits per heavy atom. The molecule has 8 heteroatoms. The summed E-state index contributed by atoms with van der Waals surface area (Å²) < 4.78 is 32.7. The quantitative estimate of drug-likeness (QED) is 0.701. The largest absolute Gasteiger partial charge is 0.481 e. The van der Waals surface area contributed by atoms with Crippen molar-refractivity contribution in [1.29, 1.82) is 0 Å². The van der Waals surface area contributed by atoms with E-state index in [-0.39, 0.29) is 10.8 Å². The zero-order chi connectivity index (χ0) is 21.9. The van der Waals surface area contributed by atoms with E-state index in [1.54, 1.807) is 31.2 Å². The summed E-state index contributed by atoms with van der Waals surface area (Å²) in [7, 11) is -3.49. The van der Waals surface area contributed by atoms with Gasteiger partial charge in [0.25, 0.3) is 5.91 Å². The molecule has 2 aromatic rings. The van der Waals surface area contributed by atoms with Crippen LogP contribution in [-0.4, -0.2) is 37.8 Å². The molecular formula is C22H27ClN2O4S. The predicted molar refractivity (Wildman–Crippen MR) is 119 cm³/mol. The van der Waals surface area contributed by atoms with Gasteiger partial charge >= 0.3 is 0 Å². The number of nitrogens with one attached hydrogen (secondary N) is 1. The first-order valence-corrected chi connectivity index (χ1v) is 11.8. The molecule has 30 heavy (non-hydrogen) atoms. The van der Waals surface area contributed by atoms with Gasteiger partial charge in [-0.1, -0.05) is 18.0 Å². The maximum Gasteiger partial charge on any atom is 0.265 e. The summed E-state index contributed by atoms with van der Waals surface area (Å²) >= 11 is 6.17. The van der Waals surface area contributed by atoms with Gasteiger partial charge in [0.05, 0.1) is 4.90 Å². The van der Waals surface area contributed by atoms with Crippen molar-refractivity contribution in [2.24, 2.45) is 0 Å². The maximum absolute atomic E-state index is 12.7. The Kier molecular flexibility index (Phi) is 7.06. The Morgan fingerprint density at radius 3 is 2.20 bits per heavy atom. The zero-order valence-corrected chi connectivity index (χ0v) is 19.0. The number of aryl methyl sites for hydroxylation is 2. The van der Waals surface area contributed by atoms with Crippen molar-refractivity contribution in [3.05, 3.63) is 52.5 Å². The standard InChI is InChI=1S/C22H27ClN2O4S/c1-15-13-19(14-16(2)21(15)23)29-17(3)22(26)24-18-7-9-20(10-8-18)30(27,28)25-11-5-4-6-12-25/h7-10,13-14,17H,4-6,11-12H2,1-3H3,(H,24,26). The molecule has 1 unspecified atom stereocenters. The fourth-order valence-electron chi connectivity index (χ4n) is 3.44. The van der Waals surface area contributed by atoms with Gasteiger partial charge < -0.3 is 10.1 Å². The van der Waals surface area contributed by atoms with Crippen LogP contribution in [-0.2, 0) is 14.8 Å². The molecule has 2 aromatic carbocycles. The van der Waals surface area contributed by atoms with E-state index in [1.807, 2.05) is 13.8 Å². The van der Waals surface area contributed by atoms with E-state index in [0.717, 1.165) is 30.4 Å². The minimum Gasteiger partial charge on any atom is -0.481 e. The number of ether oxygens (including phenoxy) is 1. The zero-order valence-electron chi connectivity index (χ0n) is 17.4. The Bertz CT molecular complexity index is 993. The number of carbonyl (C=O) groups excluding carboxylic acids is 1. The monoisotopic (exact) mass is 450 g/mol. The molecule has 162 valence electrons. The highest BCUT2D eigenvalue weighted by Gasteiger charge is 2.26. The Morgan fingerprint density at radius 1 is 1.07 bits per heavy atom. The molecule has 1 aliphatic heterocycles. The number of halogens is 1. The topological polar surface area (TPSA) is 75.7 Å². The van der Waals surface area contributed by atoms with Crippen molar-refractivity contribution in [1.82, 2.24) is 4.31 Å². The van der Waals surface area contributed by atoms with Gasteiger partial charge in [-0.2, -0.15) is 4.31 Å². The molecule has 1 atom stereocenters. The van der Waals surface area contributed by atoms with Gasteiger partial charge in [-0.15, -0.1) is 0 Å². The highest BCUT2D eigenvalue weighted by Crippen LogP contribution is 2.27. The molecule has 1 aliphatic rings. The predicted octanol–water partition coefficient (Wildman–Crippen LogP) is 4.54. The molecular weight excluding hydrogens is 424 g/mol. The van der Waals surface area contributed by atoms with Crippen molar-refractivity contribution in [3.8, 4) is 5.75 Å². The number of nitrogens with zero attached hydrogens (tertiary/aromatic N) is 1. The Balaban J connectivity index is 1.64. The van der Waals surface area contributed by atoms with E-state index in [9.17, 15) is 13.2 Å². The number of hydrogen-bond donors (Lipinski definition) is 1. The van der Waals surface area contributed by atoms with Crippen LogP contribution in [0.15, 0.2) is 41.3 Å². The third kappa shape index (κ3) is 5.14. The van der Waals surface area contributed by atoms with E-state index < -0.39 is 16.1 Å². The molecule has 3 rings (SSSR count). The lowest BCUT2D eigenvalue weighted by Gasteiger charge is -2.25. The number of piperidine rings is 1. The van der Waals surface area contributed by atoms with Crippen molar-refractivity contribution in [3.63, 3.8) is 0 Å². The smallest absolute Gasteiger partial charge is 0.265 e. The van der Waals surface area contributed by atoms with Crippen molar-refractivity contribution in [2.75, 3.05) is 18.4 Å². The molecule has 1 fully saturated rings. The summed E-state index contributed by atoms with van der Waals surface area (Å²) in [6, 6.07) is 9.82. The number of amides is 1. The first-order valence-electron chi connectivity index (χ1n) is 10.0. The number of rotatable bonds is 6. The summed E-state index contributed by atoms with van der Waals surface area (Å²) in [5.41, 5.74) is 2.27. The van der Waals surface area contributed by atoms with Crippen LogP contribution in [0.5, 0.6) is 5.75 Å². The SMILES string of the molecule is Cc1cc(OC(C)C(=O)Nc2ccc(S(=O)(=O)N3CCCCC3)cc2)cc(C)c1Cl.